The van der Waals surface area contributed by atoms with Gasteiger partial charge in [-0.2, -0.15) is 0 Å². The second-order valence-electron chi connectivity index (χ2n) is 7.06. The number of imidazole rings is 1. The van der Waals surface area contributed by atoms with Crippen molar-refractivity contribution in [3.05, 3.63) is 59.7 Å². The van der Waals surface area contributed by atoms with Crippen molar-refractivity contribution >= 4 is 5.91 Å². The van der Waals surface area contributed by atoms with E-state index in [1.165, 1.54) is 12.1 Å². The van der Waals surface area contributed by atoms with E-state index in [4.69, 9.17) is 0 Å². The van der Waals surface area contributed by atoms with E-state index >= 15 is 0 Å². The van der Waals surface area contributed by atoms with Crippen LogP contribution in [-0.4, -0.2) is 48.4 Å². The number of likely N-dealkylation sites (tertiary alicyclic amines) is 1. The molecule has 0 radical (unpaired) electrons. The Labute approximate surface area is 162 Å². The van der Waals surface area contributed by atoms with Gasteiger partial charge in [-0.25, -0.2) is 14.1 Å². The van der Waals surface area contributed by atoms with Crippen LogP contribution in [0, 0.1) is 12.7 Å². The molecule has 0 N–H and O–H groups in total. The Bertz CT molecular complexity index is 977. The van der Waals surface area contributed by atoms with Crippen LogP contribution in [0.5, 0.6) is 0 Å². The number of halogens is 1. The number of aromatic nitrogens is 5. The van der Waals surface area contributed by atoms with E-state index in [2.05, 4.69) is 26.8 Å². The summed E-state index contributed by atoms with van der Waals surface area (Å²) in [4.78, 5) is 19.4. The van der Waals surface area contributed by atoms with Gasteiger partial charge in [-0.05, 0) is 44.0 Å². The van der Waals surface area contributed by atoms with Gasteiger partial charge in [-0.1, -0.05) is 12.1 Å². The van der Waals surface area contributed by atoms with Gasteiger partial charge >= 0.3 is 0 Å². The predicted octanol–water partition coefficient (Wildman–Crippen LogP) is 2.95. The quantitative estimate of drug-likeness (QED) is 0.696. The molecule has 1 fully saturated rings. The Hall–Kier alpha value is -3.03. The van der Waals surface area contributed by atoms with Gasteiger partial charge in [0.15, 0.2) is 5.69 Å². The third-order valence-electron chi connectivity index (χ3n) is 5.31. The third kappa shape index (κ3) is 3.30. The van der Waals surface area contributed by atoms with Gasteiger partial charge in [-0.3, -0.25) is 4.79 Å². The summed E-state index contributed by atoms with van der Waals surface area (Å²) in [5, 5.41) is 8.23. The molecule has 0 saturated carbocycles. The van der Waals surface area contributed by atoms with E-state index < -0.39 is 0 Å². The van der Waals surface area contributed by atoms with Crippen molar-refractivity contribution < 1.29 is 9.18 Å². The lowest BCUT2D eigenvalue weighted by Crippen LogP contribution is -2.41. The summed E-state index contributed by atoms with van der Waals surface area (Å²) in [6.07, 6.45) is 6.63. The number of aryl methyl sites for hydroxylation is 1. The number of hydrogen-bond acceptors (Lipinski definition) is 4. The van der Waals surface area contributed by atoms with Crippen molar-refractivity contribution in [2.45, 2.75) is 39.2 Å². The van der Waals surface area contributed by atoms with Gasteiger partial charge in [-0.15, -0.1) is 5.10 Å². The first kappa shape index (κ1) is 18.3. The van der Waals surface area contributed by atoms with Crippen LogP contribution in [0.25, 0.3) is 5.69 Å². The van der Waals surface area contributed by atoms with Crippen molar-refractivity contribution in [1.82, 2.24) is 29.4 Å². The SMILES string of the molecule is CCc1nccn1C1CCCN(C(=O)c2nnn(-c3ccc(F)cc3)c2C)C1. The molecule has 1 amide bonds. The van der Waals surface area contributed by atoms with Crippen molar-refractivity contribution in [2.75, 3.05) is 13.1 Å². The molecular formula is C20H23FN6O. The van der Waals surface area contributed by atoms with Gasteiger partial charge in [0, 0.05) is 31.9 Å². The average molecular weight is 382 g/mol. The summed E-state index contributed by atoms with van der Waals surface area (Å²) < 4.78 is 16.9. The highest BCUT2D eigenvalue weighted by Gasteiger charge is 2.29. The van der Waals surface area contributed by atoms with E-state index in [-0.39, 0.29) is 17.8 Å². The largest absolute Gasteiger partial charge is 0.335 e. The minimum atomic E-state index is -0.317. The molecule has 1 aliphatic rings. The number of hydrogen-bond donors (Lipinski definition) is 0. The van der Waals surface area contributed by atoms with Crippen LogP contribution < -0.4 is 0 Å². The first-order chi connectivity index (χ1) is 13.6. The lowest BCUT2D eigenvalue weighted by molar-refractivity contribution is 0.0671. The molecule has 1 aliphatic heterocycles. The van der Waals surface area contributed by atoms with E-state index in [1.807, 2.05) is 24.2 Å². The minimum Gasteiger partial charge on any atom is -0.335 e. The van der Waals surface area contributed by atoms with Crippen LogP contribution in [-0.2, 0) is 6.42 Å². The van der Waals surface area contributed by atoms with Crippen LogP contribution >= 0.6 is 0 Å². The number of carbonyl (C=O) groups is 1. The van der Waals surface area contributed by atoms with Gasteiger partial charge in [0.25, 0.3) is 5.91 Å². The lowest BCUT2D eigenvalue weighted by atomic mass is 10.0. The molecule has 1 aromatic carbocycles. The number of piperidine rings is 1. The summed E-state index contributed by atoms with van der Waals surface area (Å²) in [5.41, 5.74) is 1.66. The van der Waals surface area contributed by atoms with Gasteiger partial charge in [0.1, 0.15) is 11.6 Å². The normalized spacial score (nSPS) is 17.1. The second kappa shape index (κ2) is 7.53. The van der Waals surface area contributed by atoms with E-state index in [0.29, 0.717) is 30.2 Å². The molecule has 146 valence electrons. The molecule has 0 aliphatic carbocycles. The highest BCUT2D eigenvalue weighted by molar-refractivity contribution is 5.93. The number of rotatable bonds is 4. The molecular weight excluding hydrogens is 359 g/mol. The maximum Gasteiger partial charge on any atom is 0.276 e. The van der Waals surface area contributed by atoms with E-state index in [0.717, 1.165) is 25.1 Å². The van der Waals surface area contributed by atoms with Crippen molar-refractivity contribution in [1.29, 1.82) is 0 Å². The summed E-state index contributed by atoms with van der Waals surface area (Å²) in [5.74, 6) is 0.606. The van der Waals surface area contributed by atoms with Crippen LogP contribution in [0.2, 0.25) is 0 Å². The zero-order chi connectivity index (χ0) is 19.7. The molecule has 0 spiro atoms. The van der Waals surface area contributed by atoms with Crippen LogP contribution in [0.4, 0.5) is 4.39 Å². The Balaban J connectivity index is 1.55. The summed E-state index contributed by atoms with van der Waals surface area (Å²) >= 11 is 0. The Morgan fingerprint density at radius 1 is 1.29 bits per heavy atom. The van der Waals surface area contributed by atoms with E-state index in [9.17, 15) is 9.18 Å². The third-order valence-corrected chi connectivity index (χ3v) is 5.31. The Morgan fingerprint density at radius 2 is 2.07 bits per heavy atom. The van der Waals surface area contributed by atoms with Crippen molar-refractivity contribution in [2.24, 2.45) is 0 Å². The van der Waals surface area contributed by atoms with Crippen LogP contribution in [0.1, 0.15) is 47.8 Å². The molecule has 0 bridgehead atoms. The predicted molar refractivity (Wildman–Crippen MR) is 102 cm³/mol. The lowest BCUT2D eigenvalue weighted by Gasteiger charge is -2.33. The fourth-order valence-corrected chi connectivity index (χ4v) is 3.82. The summed E-state index contributed by atoms with van der Waals surface area (Å²) in [6, 6.07) is 6.19. The zero-order valence-corrected chi connectivity index (χ0v) is 16.0. The number of carbonyl (C=O) groups excluding carboxylic acids is 1. The number of amides is 1. The van der Waals surface area contributed by atoms with Crippen LogP contribution in [0.15, 0.2) is 36.7 Å². The standard InChI is InChI=1S/C20H23FN6O/c1-3-18-22-10-12-26(18)17-5-4-11-25(13-17)20(28)19-14(2)27(24-23-19)16-8-6-15(21)7-9-16/h6-10,12,17H,3-5,11,13H2,1-2H3. The molecule has 4 rings (SSSR count). The van der Waals surface area contributed by atoms with Crippen LogP contribution in [0.3, 0.4) is 0 Å². The number of benzene rings is 1. The highest BCUT2D eigenvalue weighted by atomic mass is 19.1. The second-order valence-corrected chi connectivity index (χ2v) is 7.06. The monoisotopic (exact) mass is 382 g/mol. The van der Waals surface area contributed by atoms with Gasteiger partial charge < -0.3 is 9.47 Å². The fraction of sp³-hybridized carbons (Fsp3) is 0.400. The molecule has 3 aromatic rings. The first-order valence-electron chi connectivity index (χ1n) is 9.57. The maximum atomic E-state index is 13.2. The average Bonchev–Trinajstić information content (AvgIpc) is 3.35. The molecule has 8 heteroatoms. The molecule has 1 atom stereocenters. The first-order valence-corrected chi connectivity index (χ1v) is 9.57. The Morgan fingerprint density at radius 3 is 2.82 bits per heavy atom. The molecule has 1 unspecified atom stereocenters. The van der Waals surface area contributed by atoms with E-state index in [1.54, 1.807) is 16.8 Å². The topological polar surface area (TPSA) is 68.8 Å². The zero-order valence-electron chi connectivity index (χ0n) is 16.0. The van der Waals surface area contributed by atoms with Gasteiger partial charge in [0.2, 0.25) is 0 Å². The van der Waals surface area contributed by atoms with Gasteiger partial charge in [0.05, 0.1) is 17.4 Å². The summed E-state index contributed by atoms with van der Waals surface area (Å²) in [6.45, 7) is 5.23. The Kier molecular flexibility index (Phi) is 4.93. The number of nitrogens with zero attached hydrogens (tertiary/aromatic N) is 6. The van der Waals surface area contributed by atoms with Crippen molar-refractivity contribution in [3.8, 4) is 5.69 Å². The molecule has 3 heterocycles. The van der Waals surface area contributed by atoms with Crippen molar-refractivity contribution in [3.63, 3.8) is 0 Å². The fourth-order valence-electron chi connectivity index (χ4n) is 3.82. The molecule has 28 heavy (non-hydrogen) atoms. The molecule has 1 saturated heterocycles. The minimum absolute atomic E-state index is 0.117. The molecule has 7 nitrogen and oxygen atoms in total. The maximum absolute atomic E-state index is 13.2. The highest BCUT2D eigenvalue weighted by Crippen LogP contribution is 2.25. The smallest absolute Gasteiger partial charge is 0.276 e. The summed E-state index contributed by atoms with van der Waals surface area (Å²) in [7, 11) is 0. The molecule has 2 aromatic heterocycles.